The van der Waals surface area contributed by atoms with Crippen molar-refractivity contribution in [1.82, 2.24) is 5.32 Å². The summed E-state index contributed by atoms with van der Waals surface area (Å²) in [5, 5.41) is 3.69. The number of rotatable bonds is 4. The maximum absolute atomic E-state index is 3.69. The average Bonchev–Trinajstić information content (AvgIpc) is 2.37. The van der Waals surface area contributed by atoms with E-state index in [4.69, 9.17) is 0 Å². The van der Waals surface area contributed by atoms with Gasteiger partial charge in [0.25, 0.3) is 0 Å². The molecule has 0 bridgehead atoms. The van der Waals surface area contributed by atoms with E-state index >= 15 is 0 Å². The number of nitrogens with one attached hydrogen (secondary N) is 1. The summed E-state index contributed by atoms with van der Waals surface area (Å²) in [4.78, 5) is 0. The minimum absolute atomic E-state index is 0.702. The van der Waals surface area contributed by atoms with Gasteiger partial charge in [0.2, 0.25) is 0 Å². The zero-order valence-electron chi connectivity index (χ0n) is 8.47. The second kappa shape index (κ2) is 5.13. The third-order valence-electron chi connectivity index (χ3n) is 2.27. The van der Waals surface area contributed by atoms with Crippen LogP contribution in [-0.2, 0) is 0 Å². The molecule has 2 atom stereocenters. The van der Waals surface area contributed by atoms with Crippen molar-refractivity contribution in [3.63, 3.8) is 0 Å². The average molecular weight is 187 g/mol. The minimum atomic E-state index is 0.702. The molecule has 0 saturated carbocycles. The van der Waals surface area contributed by atoms with Crippen LogP contribution in [0.1, 0.15) is 33.6 Å². The Labute approximate surface area is 80.7 Å². The number of hydrogen-bond acceptors (Lipinski definition) is 2. The van der Waals surface area contributed by atoms with Crippen LogP contribution in [0, 0.1) is 5.92 Å². The molecule has 1 aliphatic rings. The summed E-state index contributed by atoms with van der Waals surface area (Å²) in [7, 11) is 0. The summed E-state index contributed by atoms with van der Waals surface area (Å²) >= 11 is 2.08. The molecule has 1 aliphatic heterocycles. The van der Waals surface area contributed by atoms with Crippen molar-refractivity contribution in [1.29, 1.82) is 0 Å². The van der Waals surface area contributed by atoms with Gasteiger partial charge >= 0.3 is 0 Å². The third-order valence-corrected chi connectivity index (χ3v) is 3.44. The van der Waals surface area contributed by atoms with E-state index in [1.807, 2.05) is 0 Å². The van der Waals surface area contributed by atoms with Gasteiger partial charge in [-0.2, -0.15) is 11.8 Å². The van der Waals surface area contributed by atoms with E-state index in [0.717, 1.165) is 12.0 Å². The second-order valence-corrected chi connectivity index (χ2v) is 5.41. The van der Waals surface area contributed by atoms with Gasteiger partial charge in [-0.3, -0.25) is 0 Å². The molecular weight excluding hydrogens is 166 g/mol. The van der Waals surface area contributed by atoms with Crippen molar-refractivity contribution in [2.45, 2.75) is 45.7 Å². The molecule has 12 heavy (non-hydrogen) atoms. The standard InChI is InChI=1S/C10H21NS/c1-8(2)6-9(3)11-10-4-5-12-7-10/h8-11H,4-7H2,1-3H3. The van der Waals surface area contributed by atoms with Gasteiger partial charge in [-0.25, -0.2) is 0 Å². The molecule has 0 aromatic heterocycles. The van der Waals surface area contributed by atoms with Crippen LogP contribution in [-0.4, -0.2) is 23.6 Å². The van der Waals surface area contributed by atoms with Gasteiger partial charge in [0, 0.05) is 17.8 Å². The smallest absolute Gasteiger partial charge is 0.0168 e. The fourth-order valence-corrected chi connectivity index (χ4v) is 3.01. The highest BCUT2D eigenvalue weighted by Gasteiger charge is 2.17. The van der Waals surface area contributed by atoms with Gasteiger partial charge in [-0.1, -0.05) is 13.8 Å². The highest BCUT2D eigenvalue weighted by molar-refractivity contribution is 7.99. The first kappa shape index (κ1) is 10.4. The zero-order chi connectivity index (χ0) is 8.97. The van der Waals surface area contributed by atoms with E-state index in [9.17, 15) is 0 Å². The molecule has 1 fully saturated rings. The van der Waals surface area contributed by atoms with Crippen LogP contribution >= 0.6 is 11.8 Å². The monoisotopic (exact) mass is 187 g/mol. The quantitative estimate of drug-likeness (QED) is 0.726. The maximum Gasteiger partial charge on any atom is 0.0168 e. The van der Waals surface area contributed by atoms with Crippen LogP contribution in [0.15, 0.2) is 0 Å². The summed E-state index contributed by atoms with van der Waals surface area (Å²) in [6.07, 6.45) is 2.67. The lowest BCUT2D eigenvalue weighted by Gasteiger charge is -2.20. The SMILES string of the molecule is CC(C)CC(C)NC1CCSC1. The lowest BCUT2D eigenvalue weighted by Crippen LogP contribution is -2.37. The second-order valence-electron chi connectivity index (χ2n) is 4.26. The predicted molar refractivity (Wildman–Crippen MR) is 57.8 cm³/mol. The highest BCUT2D eigenvalue weighted by atomic mass is 32.2. The molecule has 0 spiro atoms. The Kier molecular flexibility index (Phi) is 4.44. The Hall–Kier alpha value is 0.310. The van der Waals surface area contributed by atoms with E-state index in [1.165, 1.54) is 24.3 Å². The van der Waals surface area contributed by atoms with Crippen LogP contribution in [0.4, 0.5) is 0 Å². The van der Waals surface area contributed by atoms with Crippen molar-refractivity contribution in [3.8, 4) is 0 Å². The normalized spacial score (nSPS) is 26.5. The summed E-state index contributed by atoms with van der Waals surface area (Å²) in [6.45, 7) is 6.89. The van der Waals surface area contributed by atoms with Crippen molar-refractivity contribution < 1.29 is 0 Å². The van der Waals surface area contributed by atoms with Crippen LogP contribution < -0.4 is 5.32 Å². The fourth-order valence-electron chi connectivity index (χ4n) is 1.84. The molecule has 1 saturated heterocycles. The Morgan fingerprint density at radius 1 is 1.42 bits per heavy atom. The van der Waals surface area contributed by atoms with Crippen LogP contribution in [0.25, 0.3) is 0 Å². The van der Waals surface area contributed by atoms with Crippen molar-refractivity contribution in [2.75, 3.05) is 11.5 Å². The van der Waals surface area contributed by atoms with E-state index in [1.54, 1.807) is 0 Å². The zero-order valence-corrected chi connectivity index (χ0v) is 9.29. The lowest BCUT2D eigenvalue weighted by atomic mass is 10.0. The first-order valence-corrected chi connectivity index (χ1v) is 6.17. The lowest BCUT2D eigenvalue weighted by molar-refractivity contribution is 0.404. The number of hydrogen-bond donors (Lipinski definition) is 1. The van der Waals surface area contributed by atoms with Crippen LogP contribution in [0.3, 0.4) is 0 Å². The molecule has 2 unspecified atom stereocenters. The van der Waals surface area contributed by atoms with Gasteiger partial charge in [0.05, 0.1) is 0 Å². The molecule has 1 nitrogen and oxygen atoms in total. The van der Waals surface area contributed by atoms with Crippen molar-refractivity contribution >= 4 is 11.8 Å². The minimum Gasteiger partial charge on any atom is -0.311 e. The molecule has 72 valence electrons. The molecule has 0 amide bonds. The Bertz CT molecular complexity index is 119. The molecule has 0 aromatic rings. The summed E-state index contributed by atoms with van der Waals surface area (Å²) in [5.41, 5.74) is 0. The van der Waals surface area contributed by atoms with Crippen molar-refractivity contribution in [3.05, 3.63) is 0 Å². The van der Waals surface area contributed by atoms with Gasteiger partial charge < -0.3 is 5.32 Å². The highest BCUT2D eigenvalue weighted by Crippen LogP contribution is 2.18. The molecule has 0 aliphatic carbocycles. The van der Waals surface area contributed by atoms with Gasteiger partial charge in [0.15, 0.2) is 0 Å². The largest absolute Gasteiger partial charge is 0.311 e. The molecule has 2 heteroatoms. The molecular formula is C10H21NS. The summed E-state index contributed by atoms with van der Waals surface area (Å²) < 4.78 is 0. The molecule has 1 N–H and O–H groups in total. The van der Waals surface area contributed by atoms with Crippen LogP contribution in [0.5, 0.6) is 0 Å². The van der Waals surface area contributed by atoms with Gasteiger partial charge in [-0.15, -0.1) is 0 Å². The predicted octanol–water partition coefficient (Wildman–Crippen LogP) is 2.52. The van der Waals surface area contributed by atoms with E-state index < -0.39 is 0 Å². The molecule has 1 rings (SSSR count). The van der Waals surface area contributed by atoms with Gasteiger partial charge in [0.1, 0.15) is 0 Å². The molecule has 0 aromatic carbocycles. The molecule has 0 radical (unpaired) electrons. The Morgan fingerprint density at radius 2 is 2.17 bits per heavy atom. The first-order valence-electron chi connectivity index (χ1n) is 5.02. The fraction of sp³-hybridized carbons (Fsp3) is 1.00. The summed E-state index contributed by atoms with van der Waals surface area (Å²) in [5.74, 6) is 3.50. The van der Waals surface area contributed by atoms with E-state index in [0.29, 0.717) is 6.04 Å². The topological polar surface area (TPSA) is 12.0 Å². The van der Waals surface area contributed by atoms with E-state index in [-0.39, 0.29) is 0 Å². The first-order chi connectivity index (χ1) is 5.68. The van der Waals surface area contributed by atoms with Crippen LogP contribution in [0.2, 0.25) is 0 Å². The maximum atomic E-state index is 3.69. The number of thioether (sulfide) groups is 1. The van der Waals surface area contributed by atoms with E-state index in [2.05, 4.69) is 37.8 Å². The third kappa shape index (κ3) is 3.81. The summed E-state index contributed by atoms with van der Waals surface area (Å²) in [6, 6.07) is 1.50. The Morgan fingerprint density at radius 3 is 2.67 bits per heavy atom. The van der Waals surface area contributed by atoms with Gasteiger partial charge in [-0.05, 0) is 31.4 Å². The molecule has 1 heterocycles. The van der Waals surface area contributed by atoms with Crippen molar-refractivity contribution in [2.24, 2.45) is 5.92 Å². The Balaban J connectivity index is 2.11.